The lowest BCUT2D eigenvalue weighted by molar-refractivity contribution is -0.386. The van der Waals surface area contributed by atoms with Crippen molar-refractivity contribution in [3.05, 3.63) is 76.6 Å². The Morgan fingerprint density at radius 3 is 2.00 bits per heavy atom. The van der Waals surface area contributed by atoms with Crippen LogP contribution >= 0.6 is 0 Å². The Hall–Kier alpha value is -3.41. The topological polar surface area (TPSA) is 95.2 Å². The molecule has 0 radical (unpaired) electrons. The molecule has 6 heteroatoms. The summed E-state index contributed by atoms with van der Waals surface area (Å²) in [6.07, 6.45) is 0. The fraction of sp³-hybridized carbons (Fsp3) is 0. The second-order valence-corrected chi connectivity index (χ2v) is 5.26. The standard InChI is InChI=1S/C18H14FN3O2/c19-17-12(11-5-2-1-3-6-11)9-10-13(18(17)22(23)24)16-14(20)7-4-8-15(16)21/h1-10H,20-21H2. The Morgan fingerprint density at radius 2 is 1.42 bits per heavy atom. The maximum Gasteiger partial charge on any atom is 0.313 e. The molecule has 0 saturated heterocycles. The van der Waals surface area contributed by atoms with Crippen LogP contribution in [0.5, 0.6) is 0 Å². The van der Waals surface area contributed by atoms with Gasteiger partial charge in [-0.25, -0.2) is 0 Å². The molecule has 0 atom stereocenters. The number of nitro groups is 1. The molecule has 0 saturated carbocycles. The zero-order valence-corrected chi connectivity index (χ0v) is 12.6. The largest absolute Gasteiger partial charge is 0.398 e. The third-order valence-corrected chi connectivity index (χ3v) is 3.78. The van der Waals surface area contributed by atoms with Crippen LogP contribution in [0.1, 0.15) is 0 Å². The van der Waals surface area contributed by atoms with Gasteiger partial charge in [-0.1, -0.05) is 42.5 Å². The zero-order chi connectivity index (χ0) is 17.3. The molecule has 0 aromatic heterocycles. The van der Waals surface area contributed by atoms with Crippen molar-refractivity contribution in [1.82, 2.24) is 0 Å². The van der Waals surface area contributed by atoms with Gasteiger partial charge in [0.1, 0.15) is 0 Å². The van der Waals surface area contributed by atoms with E-state index in [4.69, 9.17) is 11.5 Å². The van der Waals surface area contributed by atoms with Gasteiger partial charge >= 0.3 is 5.69 Å². The average Bonchev–Trinajstić information content (AvgIpc) is 2.55. The van der Waals surface area contributed by atoms with Crippen LogP contribution in [-0.2, 0) is 0 Å². The first-order valence-corrected chi connectivity index (χ1v) is 7.17. The number of halogens is 1. The fourth-order valence-corrected chi connectivity index (χ4v) is 2.69. The molecular weight excluding hydrogens is 309 g/mol. The molecule has 3 aromatic rings. The Bertz CT molecular complexity index is 907. The molecule has 0 aliphatic rings. The van der Waals surface area contributed by atoms with Gasteiger partial charge in [-0.2, -0.15) is 4.39 Å². The van der Waals surface area contributed by atoms with Crippen LogP contribution in [0.15, 0.2) is 60.7 Å². The highest BCUT2D eigenvalue weighted by Gasteiger charge is 2.27. The molecule has 3 aromatic carbocycles. The molecule has 0 fully saturated rings. The first-order valence-electron chi connectivity index (χ1n) is 7.17. The number of nitro benzene ring substituents is 1. The lowest BCUT2D eigenvalue weighted by atomic mass is 9.95. The Balaban J connectivity index is 2.30. The quantitative estimate of drug-likeness (QED) is 0.428. The molecule has 4 N–H and O–H groups in total. The van der Waals surface area contributed by atoms with Crippen molar-refractivity contribution in [2.24, 2.45) is 0 Å². The Labute approximate surface area is 137 Å². The minimum Gasteiger partial charge on any atom is -0.398 e. The molecule has 5 nitrogen and oxygen atoms in total. The molecule has 3 rings (SSSR count). The van der Waals surface area contributed by atoms with Crippen molar-refractivity contribution in [1.29, 1.82) is 0 Å². The van der Waals surface area contributed by atoms with Gasteiger partial charge in [-0.05, 0) is 23.8 Å². The van der Waals surface area contributed by atoms with Gasteiger partial charge in [-0.15, -0.1) is 0 Å². The Morgan fingerprint density at radius 1 is 0.833 bits per heavy atom. The number of nitrogens with zero attached hydrogens (tertiary/aromatic N) is 1. The average molecular weight is 323 g/mol. The molecule has 0 amide bonds. The van der Waals surface area contributed by atoms with E-state index >= 15 is 0 Å². The van der Waals surface area contributed by atoms with Gasteiger partial charge in [0.15, 0.2) is 0 Å². The number of rotatable bonds is 3. The van der Waals surface area contributed by atoms with Crippen molar-refractivity contribution >= 4 is 17.1 Å². The van der Waals surface area contributed by atoms with Crippen molar-refractivity contribution in [3.8, 4) is 22.3 Å². The zero-order valence-electron chi connectivity index (χ0n) is 12.6. The molecule has 0 aliphatic heterocycles. The smallest absolute Gasteiger partial charge is 0.313 e. The van der Waals surface area contributed by atoms with Crippen LogP contribution in [0.4, 0.5) is 21.5 Å². The molecule has 0 aliphatic carbocycles. The normalized spacial score (nSPS) is 10.5. The highest BCUT2D eigenvalue weighted by molar-refractivity contribution is 5.92. The lowest BCUT2D eigenvalue weighted by Gasteiger charge is -2.12. The number of hydrogen-bond donors (Lipinski definition) is 2. The van der Waals surface area contributed by atoms with E-state index in [1.807, 2.05) is 0 Å². The summed E-state index contributed by atoms with van der Waals surface area (Å²) < 4.78 is 14.9. The van der Waals surface area contributed by atoms with Crippen LogP contribution in [0.2, 0.25) is 0 Å². The molecule has 0 heterocycles. The number of hydrogen-bond acceptors (Lipinski definition) is 4. The van der Waals surface area contributed by atoms with E-state index in [-0.39, 0.29) is 28.1 Å². The molecule has 0 unspecified atom stereocenters. The first kappa shape index (κ1) is 15.5. The van der Waals surface area contributed by atoms with E-state index in [2.05, 4.69) is 0 Å². The van der Waals surface area contributed by atoms with Crippen molar-refractivity contribution in [2.45, 2.75) is 0 Å². The summed E-state index contributed by atoms with van der Waals surface area (Å²) in [7, 11) is 0. The summed E-state index contributed by atoms with van der Waals surface area (Å²) >= 11 is 0. The molecule has 120 valence electrons. The summed E-state index contributed by atoms with van der Waals surface area (Å²) in [5.41, 5.74) is 12.7. The van der Waals surface area contributed by atoms with E-state index in [1.54, 1.807) is 48.5 Å². The van der Waals surface area contributed by atoms with Crippen LogP contribution in [0.3, 0.4) is 0 Å². The van der Waals surface area contributed by atoms with Crippen LogP contribution in [0.25, 0.3) is 22.3 Å². The summed E-state index contributed by atoms with van der Waals surface area (Å²) in [5, 5.41) is 11.5. The molecule has 0 spiro atoms. The minimum atomic E-state index is -0.911. The number of nitrogen functional groups attached to an aromatic ring is 2. The van der Waals surface area contributed by atoms with Crippen molar-refractivity contribution < 1.29 is 9.31 Å². The second kappa shape index (κ2) is 6.00. The van der Waals surface area contributed by atoms with E-state index < -0.39 is 16.4 Å². The highest BCUT2D eigenvalue weighted by Crippen LogP contribution is 2.41. The SMILES string of the molecule is Nc1cccc(N)c1-c1ccc(-c2ccccc2)c(F)c1[N+](=O)[O-]. The third-order valence-electron chi connectivity index (χ3n) is 3.78. The second-order valence-electron chi connectivity index (χ2n) is 5.26. The van der Waals surface area contributed by atoms with Crippen molar-refractivity contribution in [2.75, 3.05) is 11.5 Å². The summed E-state index contributed by atoms with van der Waals surface area (Å²) in [6, 6.07) is 16.4. The lowest BCUT2D eigenvalue weighted by Crippen LogP contribution is -2.02. The molecular formula is C18H14FN3O2. The van der Waals surface area contributed by atoms with Crippen molar-refractivity contribution in [3.63, 3.8) is 0 Å². The van der Waals surface area contributed by atoms with E-state index in [0.29, 0.717) is 5.56 Å². The van der Waals surface area contributed by atoms with Crippen LogP contribution in [0, 0.1) is 15.9 Å². The van der Waals surface area contributed by atoms with Gasteiger partial charge in [0.2, 0.25) is 5.82 Å². The predicted molar refractivity (Wildman–Crippen MR) is 92.8 cm³/mol. The maximum absolute atomic E-state index is 14.9. The predicted octanol–water partition coefficient (Wildman–Crippen LogP) is 4.23. The fourth-order valence-electron chi connectivity index (χ4n) is 2.69. The van der Waals surface area contributed by atoms with Gasteiger partial charge in [0, 0.05) is 22.5 Å². The first-order chi connectivity index (χ1) is 11.5. The van der Waals surface area contributed by atoms with Gasteiger partial charge in [0.25, 0.3) is 0 Å². The number of anilines is 2. The van der Waals surface area contributed by atoms with Gasteiger partial charge in [-0.3, -0.25) is 10.1 Å². The number of benzene rings is 3. The minimum absolute atomic E-state index is 0.0628. The van der Waals surface area contributed by atoms with E-state index in [1.165, 1.54) is 12.1 Å². The van der Waals surface area contributed by atoms with Gasteiger partial charge < -0.3 is 11.5 Å². The summed E-state index contributed by atoms with van der Waals surface area (Å²) in [4.78, 5) is 10.8. The van der Waals surface area contributed by atoms with Crippen LogP contribution in [-0.4, -0.2) is 4.92 Å². The van der Waals surface area contributed by atoms with Crippen LogP contribution < -0.4 is 11.5 Å². The number of nitrogens with two attached hydrogens (primary N) is 2. The van der Waals surface area contributed by atoms with E-state index in [0.717, 1.165) is 0 Å². The Kier molecular flexibility index (Phi) is 3.87. The maximum atomic E-state index is 14.9. The third kappa shape index (κ3) is 2.54. The highest BCUT2D eigenvalue weighted by atomic mass is 19.1. The summed E-state index contributed by atoms with van der Waals surface area (Å²) in [5.74, 6) is -0.911. The molecule has 0 bridgehead atoms. The monoisotopic (exact) mass is 323 g/mol. The molecule has 24 heavy (non-hydrogen) atoms. The van der Waals surface area contributed by atoms with Gasteiger partial charge in [0.05, 0.1) is 10.5 Å². The summed E-state index contributed by atoms with van der Waals surface area (Å²) in [6.45, 7) is 0. The van der Waals surface area contributed by atoms with E-state index in [9.17, 15) is 14.5 Å².